The van der Waals surface area contributed by atoms with Gasteiger partial charge in [0.1, 0.15) is 0 Å². The van der Waals surface area contributed by atoms with Crippen molar-refractivity contribution in [2.45, 2.75) is 31.7 Å². The van der Waals surface area contributed by atoms with Crippen LogP contribution in [0.3, 0.4) is 0 Å². The van der Waals surface area contributed by atoms with Crippen LogP contribution in [0.4, 0.5) is 0 Å². The third kappa shape index (κ3) is 0.752. The van der Waals surface area contributed by atoms with Crippen molar-refractivity contribution in [1.29, 1.82) is 0 Å². The first-order chi connectivity index (χ1) is 4.36. The maximum atomic E-state index is 3.93. The average molecular weight is 123 g/mol. The van der Waals surface area contributed by atoms with Gasteiger partial charge in [-0.25, -0.2) is 0 Å². The SMILES string of the molecule is C=C1CC2CCCC2N1. The van der Waals surface area contributed by atoms with Crippen molar-refractivity contribution in [2.75, 3.05) is 0 Å². The summed E-state index contributed by atoms with van der Waals surface area (Å²) in [5.74, 6) is 0.942. The van der Waals surface area contributed by atoms with Crippen LogP contribution in [-0.4, -0.2) is 6.04 Å². The second kappa shape index (κ2) is 1.76. The Kier molecular flexibility index (Phi) is 1.04. The smallest absolute Gasteiger partial charge is 0.0290 e. The molecule has 2 unspecified atom stereocenters. The van der Waals surface area contributed by atoms with Crippen molar-refractivity contribution in [3.05, 3.63) is 12.3 Å². The Hall–Kier alpha value is -0.460. The number of rotatable bonds is 0. The molecule has 1 aliphatic carbocycles. The van der Waals surface area contributed by atoms with E-state index in [-0.39, 0.29) is 0 Å². The predicted molar refractivity (Wildman–Crippen MR) is 38.0 cm³/mol. The molecule has 0 spiro atoms. The fraction of sp³-hybridized carbons (Fsp3) is 0.750. The molecule has 1 heteroatoms. The molecule has 0 aromatic carbocycles. The second-order valence-corrected chi connectivity index (χ2v) is 3.25. The zero-order valence-electron chi connectivity index (χ0n) is 5.69. The monoisotopic (exact) mass is 123 g/mol. The fourth-order valence-electron chi connectivity index (χ4n) is 2.11. The molecule has 1 saturated carbocycles. The number of nitrogens with one attached hydrogen (secondary N) is 1. The Balaban J connectivity index is 2.09. The van der Waals surface area contributed by atoms with E-state index in [1.807, 2.05) is 0 Å². The summed E-state index contributed by atoms with van der Waals surface area (Å²) in [5, 5.41) is 3.42. The van der Waals surface area contributed by atoms with Gasteiger partial charge in [0.25, 0.3) is 0 Å². The van der Waals surface area contributed by atoms with E-state index in [0.29, 0.717) is 0 Å². The van der Waals surface area contributed by atoms with Gasteiger partial charge in [0.2, 0.25) is 0 Å². The van der Waals surface area contributed by atoms with Gasteiger partial charge >= 0.3 is 0 Å². The quantitative estimate of drug-likeness (QED) is 0.516. The molecule has 2 fully saturated rings. The maximum absolute atomic E-state index is 3.93. The first-order valence-corrected chi connectivity index (χ1v) is 3.80. The molecule has 9 heavy (non-hydrogen) atoms. The minimum Gasteiger partial charge on any atom is -0.386 e. The van der Waals surface area contributed by atoms with Crippen molar-refractivity contribution < 1.29 is 0 Å². The van der Waals surface area contributed by atoms with Crippen LogP contribution in [0, 0.1) is 5.92 Å². The number of hydrogen-bond donors (Lipinski definition) is 1. The van der Waals surface area contributed by atoms with E-state index in [4.69, 9.17) is 0 Å². The first kappa shape index (κ1) is 5.33. The molecule has 2 atom stereocenters. The van der Waals surface area contributed by atoms with Crippen molar-refractivity contribution in [1.82, 2.24) is 5.32 Å². The Morgan fingerprint density at radius 1 is 1.44 bits per heavy atom. The van der Waals surface area contributed by atoms with Gasteiger partial charge in [0, 0.05) is 11.7 Å². The number of hydrogen-bond acceptors (Lipinski definition) is 1. The van der Waals surface area contributed by atoms with Gasteiger partial charge in [-0.15, -0.1) is 0 Å². The third-order valence-corrected chi connectivity index (χ3v) is 2.56. The van der Waals surface area contributed by atoms with Gasteiger partial charge in [-0.3, -0.25) is 0 Å². The summed E-state index contributed by atoms with van der Waals surface area (Å²) in [6, 6.07) is 0.803. The largest absolute Gasteiger partial charge is 0.386 e. The molecule has 1 N–H and O–H groups in total. The fourth-order valence-corrected chi connectivity index (χ4v) is 2.11. The third-order valence-electron chi connectivity index (χ3n) is 2.56. The molecule has 0 amide bonds. The second-order valence-electron chi connectivity index (χ2n) is 3.25. The molecule has 0 radical (unpaired) electrons. The molecular formula is C8H13N. The Morgan fingerprint density at radius 2 is 2.33 bits per heavy atom. The zero-order chi connectivity index (χ0) is 6.27. The predicted octanol–water partition coefficient (Wildman–Crippen LogP) is 1.66. The highest BCUT2D eigenvalue weighted by Crippen LogP contribution is 2.35. The van der Waals surface area contributed by atoms with Crippen molar-refractivity contribution >= 4 is 0 Å². The van der Waals surface area contributed by atoms with E-state index in [1.54, 1.807) is 0 Å². The van der Waals surface area contributed by atoms with E-state index in [1.165, 1.54) is 31.4 Å². The van der Waals surface area contributed by atoms with Gasteiger partial charge < -0.3 is 5.32 Å². The van der Waals surface area contributed by atoms with Crippen LogP contribution >= 0.6 is 0 Å². The number of fused-ring (bicyclic) bond motifs is 1. The van der Waals surface area contributed by atoms with Gasteiger partial charge in [-0.1, -0.05) is 13.0 Å². The van der Waals surface area contributed by atoms with Crippen molar-refractivity contribution in [3.63, 3.8) is 0 Å². The van der Waals surface area contributed by atoms with Gasteiger partial charge in [0.05, 0.1) is 0 Å². The molecule has 0 bridgehead atoms. The summed E-state index contributed by atoms with van der Waals surface area (Å²) in [5.41, 5.74) is 1.27. The molecule has 0 aromatic rings. The summed E-state index contributed by atoms with van der Waals surface area (Å²) in [4.78, 5) is 0. The normalized spacial score (nSPS) is 40.7. The van der Waals surface area contributed by atoms with Crippen LogP contribution in [0.25, 0.3) is 0 Å². The van der Waals surface area contributed by atoms with E-state index in [9.17, 15) is 0 Å². The lowest BCUT2D eigenvalue weighted by molar-refractivity contribution is 0.519. The van der Waals surface area contributed by atoms with E-state index < -0.39 is 0 Å². The lowest BCUT2D eigenvalue weighted by Crippen LogP contribution is -2.20. The van der Waals surface area contributed by atoms with E-state index in [0.717, 1.165) is 12.0 Å². The maximum Gasteiger partial charge on any atom is 0.0290 e. The molecule has 2 rings (SSSR count). The molecule has 2 aliphatic rings. The highest BCUT2D eigenvalue weighted by atomic mass is 15.0. The van der Waals surface area contributed by atoms with Crippen LogP contribution in [0.15, 0.2) is 12.3 Å². The van der Waals surface area contributed by atoms with Crippen LogP contribution < -0.4 is 5.32 Å². The topological polar surface area (TPSA) is 12.0 Å². The summed E-state index contributed by atoms with van der Waals surface area (Å²) in [6.07, 6.45) is 5.47. The summed E-state index contributed by atoms with van der Waals surface area (Å²) >= 11 is 0. The molecule has 1 saturated heterocycles. The summed E-state index contributed by atoms with van der Waals surface area (Å²) < 4.78 is 0. The summed E-state index contributed by atoms with van der Waals surface area (Å²) in [7, 11) is 0. The molecule has 1 nitrogen and oxygen atoms in total. The number of allylic oxidation sites excluding steroid dienone is 1. The van der Waals surface area contributed by atoms with E-state index in [2.05, 4.69) is 11.9 Å². The van der Waals surface area contributed by atoms with E-state index >= 15 is 0 Å². The van der Waals surface area contributed by atoms with Gasteiger partial charge in [-0.05, 0) is 25.2 Å². The Bertz CT molecular complexity index is 126. The van der Waals surface area contributed by atoms with Gasteiger partial charge in [-0.2, -0.15) is 0 Å². The van der Waals surface area contributed by atoms with Gasteiger partial charge in [0.15, 0.2) is 0 Å². The zero-order valence-corrected chi connectivity index (χ0v) is 5.69. The Morgan fingerprint density at radius 3 is 3.11 bits per heavy atom. The summed E-state index contributed by atoms with van der Waals surface area (Å²) in [6.45, 7) is 3.93. The van der Waals surface area contributed by atoms with Crippen LogP contribution in [-0.2, 0) is 0 Å². The highest BCUT2D eigenvalue weighted by Gasteiger charge is 2.32. The average Bonchev–Trinajstić information content (AvgIpc) is 2.22. The highest BCUT2D eigenvalue weighted by molar-refractivity contribution is 5.07. The van der Waals surface area contributed by atoms with Crippen LogP contribution in [0.5, 0.6) is 0 Å². The molecule has 1 heterocycles. The van der Waals surface area contributed by atoms with Crippen LogP contribution in [0.1, 0.15) is 25.7 Å². The van der Waals surface area contributed by atoms with Crippen LogP contribution in [0.2, 0.25) is 0 Å². The minimum absolute atomic E-state index is 0.803. The first-order valence-electron chi connectivity index (χ1n) is 3.80. The minimum atomic E-state index is 0.803. The standard InChI is InChI=1S/C8H13N/c1-6-5-7-3-2-4-8(7)9-6/h7-9H,1-5H2. The molecule has 1 aliphatic heterocycles. The lowest BCUT2D eigenvalue weighted by Gasteiger charge is -2.06. The Labute approximate surface area is 56.1 Å². The molecular weight excluding hydrogens is 110 g/mol. The van der Waals surface area contributed by atoms with Crippen molar-refractivity contribution in [3.8, 4) is 0 Å². The van der Waals surface area contributed by atoms with Crippen molar-refractivity contribution in [2.24, 2.45) is 5.92 Å². The lowest BCUT2D eigenvalue weighted by atomic mass is 10.0. The molecule has 0 aromatic heterocycles. The molecule has 50 valence electrons.